The third-order valence-electron chi connectivity index (χ3n) is 2.69. The second-order valence-corrected chi connectivity index (χ2v) is 4.01. The number of para-hydroxylation sites is 1. The first-order valence-corrected chi connectivity index (χ1v) is 6.20. The van der Waals surface area contributed by atoms with E-state index < -0.39 is 5.97 Å². The smallest absolute Gasteiger partial charge is 0.305 e. The van der Waals surface area contributed by atoms with Gasteiger partial charge in [0.1, 0.15) is 11.8 Å². The largest absolute Gasteiger partial charge is 0.482 e. The van der Waals surface area contributed by atoms with Crippen LogP contribution in [0, 0.1) is 11.3 Å². The van der Waals surface area contributed by atoms with E-state index in [4.69, 9.17) is 15.1 Å². The van der Waals surface area contributed by atoms with Gasteiger partial charge < -0.3 is 14.7 Å². The van der Waals surface area contributed by atoms with Gasteiger partial charge in [0.15, 0.2) is 6.61 Å². The van der Waals surface area contributed by atoms with Gasteiger partial charge in [-0.25, -0.2) is 0 Å². The fourth-order valence-electron chi connectivity index (χ4n) is 1.61. The second-order valence-electron chi connectivity index (χ2n) is 4.01. The molecule has 0 saturated carbocycles. The van der Waals surface area contributed by atoms with Crippen LogP contribution in [0.5, 0.6) is 5.75 Å². The number of nitrogens with zero attached hydrogens (tertiary/aromatic N) is 2. The van der Waals surface area contributed by atoms with Crippen LogP contribution in [0.2, 0.25) is 0 Å². The maximum atomic E-state index is 11.9. The Morgan fingerprint density at radius 2 is 2.10 bits per heavy atom. The van der Waals surface area contributed by atoms with Crippen molar-refractivity contribution in [1.29, 1.82) is 5.26 Å². The summed E-state index contributed by atoms with van der Waals surface area (Å²) < 4.78 is 5.32. The lowest BCUT2D eigenvalue weighted by Gasteiger charge is -2.20. The van der Waals surface area contributed by atoms with E-state index in [0.29, 0.717) is 17.9 Å². The van der Waals surface area contributed by atoms with Crippen molar-refractivity contribution in [3.63, 3.8) is 0 Å². The van der Waals surface area contributed by atoms with Crippen LogP contribution in [0.15, 0.2) is 24.3 Å². The highest BCUT2D eigenvalue weighted by atomic mass is 16.5. The highest BCUT2D eigenvalue weighted by Crippen LogP contribution is 2.16. The molecule has 0 saturated heterocycles. The molecule has 0 atom stereocenters. The average Bonchev–Trinajstić information content (AvgIpc) is 2.45. The van der Waals surface area contributed by atoms with Gasteiger partial charge in [-0.05, 0) is 19.1 Å². The minimum Gasteiger partial charge on any atom is -0.482 e. The first-order valence-electron chi connectivity index (χ1n) is 6.20. The number of hydrogen-bond acceptors (Lipinski definition) is 4. The molecule has 0 bridgehead atoms. The molecule has 1 amide bonds. The van der Waals surface area contributed by atoms with Crippen LogP contribution in [0.25, 0.3) is 0 Å². The monoisotopic (exact) mass is 276 g/mol. The summed E-state index contributed by atoms with van der Waals surface area (Å²) in [7, 11) is 0. The van der Waals surface area contributed by atoms with E-state index in [2.05, 4.69) is 0 Å². The number of rotatable bonds is 7. The van der Waals surface area contributed by atoms with Gasteiger partial charge in [0.2, 0.25) is 0 Å². The zero-order chi connectivity index (χ0) is 15.0. The molecule has 0 heterocycles. The van der Waals surface area contributed by atoms with Crippen molar-refractivity contribution in [3.05, 3.63) is 29.8 Å². The summed E-state index contributed by atoms with van der Waals surface area (Å²) in [6, 6.07) is 8.60. The van der Waals surface area contributed by atoms with Gasteiger partial charge in [-0.2, -0.15) is 5.26 Å². The summed E-state index contributed by atoms with van der Waals surface area (Å²) in [5.41, 5.74) is 0.355. The van der Waals surface area contributed by atoms with Gasteiger partial charge in [0, 0.05) is 13.1 Å². The van der Waals surface area contributed by atoms with Gasteiger partial charge >= 0.3 is 5.97 Å². The number of nitriles is 1. The number of carbonyl (C=O) groups is 2. The van der Waals surface area contributed by atoms with Gasteiger partial charge in [-0.1, -0.05) is 12.1 Å². The molecule has 0 aliphatic carbocycles. The van der Waals surface area contributed by atoms with Crippen molar-refractivity contribution >= 4 is 11.9 Å². The number of benzene rings is 1. The lowest BCUT2D eigenvalue weighted by atomic mass is 10.2. The van der Waals surface area contributed by atoms with Crippen molar-refractivity contribution in [2.75, 3.05) is 19.7 Å². The lowest BCUT2D eigenvalue weighted by Crippen LogP contribution is -2.36. The zero-order valence-corrected chi connectivity index (χ0v) is 11.2. The molecule has 0 aliphatic heterocycles. The van der Waals surface area contributed by atoms with Gasteiger partial charge in [-0.3, -0.25) is 9.59 Å². The Morgan fingerprint density at radius 3 is 2.70 bits per heavy atom. The molecule has 0 unspecified atom stereocenters. The summed E-state index contributed by atoms with van der Waals surface area (Å²) >= 11 is 0. The van der Waals surface area contributed by atoms with Crippen LogP contribution in [0.4, 0.5) is 0 Å². The predicted octanol–water partition coefficient (Wildman–Crippen LogP) is 1.26. The van der Waals surface area contributed by atoms with E-state index in [1.54, 1.807) is 31.2 Å². The average molecular weight is 276 g/mol. The topological polar surface area (TPSA) is 90.6 Å². The van der Waals surface area contributed by atoms with Gasteiger partial charge in [-0.15, -0.1) is 0 Å². The molecule has 0 spiro atoms. The molecule has 6 heteroatoms. The normalized spacial score (nSPS) is 9.60. The van der Waals surface area contributed by atoms with E-state index in [1.807, 2.05) is 6.07 Å². The first kappa shape index (κ1) is 15.5. The van der Waals surface area contributed by atoms with E-state index in [0.717, 1.165) is 0 Å². The molecular weight excluding hydrogens is 260 g/mol. The molecule has 1 rings (SSSR count). The number of carboxylic acids is 1. The van der Waals surface area contributed by atoms with Crippen LogP contribution < -0.4 is 4.74 Å². The Morgan fingerprint density at radius 1 is 1.40 bits per heavy atom. The number of ether oxygens (including phenoxy) is 1. The summed E-state index contributed by atoms with van der Waals surface area (Å²) in [6.07, 6.45) is -0.103. The summed E-state index contributed by atoms with van der Waals surface area (Å²) in [5.74, 6) is -0.911. The Hall–Kier alpha value is -2.55. The molecule has 0 radical (unpaired) electrons. The maximum Gasteiger partial charge on any atom is 0.305 e. The van der Waals surface area contributed by atoms with E-state index in [9.17, 15) is 9.59 Å². The molecule has 0 fully saturated rings. The minimum absolute atomic E-state index is 0.103. The maximum absolute atomic E-state index is 11.9. The van der Waals surface area contributed by atoms with Crippen molar-refractivity contribution in [2.24, 2.45) is 0 Å². The van der Waals surface area contributed by atoms with Crippen molar-refractivity contribution in [1.82, 2.24) is 4.90 Å². The van der Waals surface area contributed by atoms with Crippen LogP contribution in [-0.2, 0) is 9.59 Å². The van der Waals surface area contributed by atoms with E-state index in [-0.39, 0.29) is 25.5 Å². The van der Waals surface area contributed by atoms with Crippen LogP contribution in [0.1, 0.15) is 18.9 Å². The summed E-state index contributed by atoms with van der Waals surface area (Å²) in [4.78, 5) is 23.8. The number of carbonyl (C=O) groups excluding carboxylic acids is 1. The molecule has 6 nitrogen and oxygen atoms in total. The number of amides is 1. The highest BCUT2D eigenvalue weighted by molar-refractivity contribution is 5.78. The Labute approximate surface area is 117 Å². The Bertz CT molecular complexity index is 522. The van der Waals surface area contributed by atoms with E-state index >= 15 is 0 Å². The molecule has 1 N–H and O–H groups in total. The fourth-order valence-corrected chi connectivity index (χ4v) is 1.61. The fraction of sp³-hybridized carbons (Fsp3) is 0.357. The second kappa shape index (κ2) is 7.79. The quantitative estimate of drug-likeness (QED) is 0.809. The molecule has 20 heavy (non-hydrogen) atoms. The first-order chi connectivity index (χ1) is 9.58. The Kier molecular flexibility index (Phi) is 6.04. The van der Waals surface area contributed by atoms with Crippen LogP contribution >= 0.6 is 0 Å². The molecule has 106 valence electrons. The van der Waals surface area contributed by atoms with Crippen molar-refractivity contribution in [2.45, 2.75) is 13.3 Å². The third-order valence-corrected chi connectivity index (χ3v) is 2.69. The van der Waals surface area contributed by atoms with E-state index in [1.165, 1.54) is 4.90 Å². The molecule has 1 aromatic rings. The minimum atomic E-state index is -0.952. The van der Waals surface area contributed by atoms with Gasteiger partial charge in [0.25, 0.3) is 5.91 Å². The molecule has 1 aromatic carbocycles. The summed E-state index contributed by atoms with van der Waals surface area (Å²) in [6.45, 7) is 2.11. The lowest BCUT2D eigenvalue weighted by molar-refractivity contribution is -0.139. The van der Waals surface area contributed by atoms with Crippen molar-refractivity contribution < 1.29 is 19.4 Å². The molecule has 0 aliphatic rings. The summed E-state index contributed by atoms with van der Waals surface area (Å²) in [5, 5.41) is 17.5. The molecular formula is C14H16N2O4. The number of likely N-dealkylation sites (N-methyl/N-ethyl adjacent to an activating group) is 1. The number of hydrogen-bond donors (Lipinski definition) is 1. The zero-order valence-electron chi connectivity index (χ0n) is 11.2. The highest BCUT2D eigenvalue weighted by Gasteiger charge is 2.14. The van der Waals surface area contributed by atoms with Crippen LogP contribution in [-0.4, -0.2) is 41.6 Å². The standard InChI is InChI=1S/C14H16N2O4/c1-2-16(8-7-14(18)19)13(17)10-20-12-6-4-3-5-11(12)9-15/h3-6H,2,7-8,10H2,1H3,(H,18,19). The Balaban J connectivity index is 2.57. The SMILES string of the molecule is CCN(CCC(=O)O)C(=O)COc1ccccc1C#N. The number of carboxylic acid groups (broad SMARTS) is 1. The third kappa shape index (κ3) is 4.61. The van der Waals surface area contributed by atoms with Crippen molar-refractivity contribution in [3.8, 4) is 11.8 Å². The number of aliphatic carboxylic acids is 1. The van der Waals surface area contributed by atoms with Gasteiger partial charge in [0.05, 0.1) is 12.0 Å². The van der Waals surface area contributed by atoms with Crippen LogP contribution in [0.3, 0.4) is 0 Å². The molecule has 0 aromatic heterocycles. The predicted molar refractivity (Wildman–Crippen MR) is 71.2 cm³/mol.